The Bertz CT molecular complexity index is 1470. The first-order valence-electron chi connectivity index (χ1n) is 11.2. The van der Waals surface area contributed by atoms with E-state index in [1.54, 1.807) is 17.9 Å². The van der Waals surface area contributed by atoms with Crippen LogP contribution in [0.25, 0.3) is 29.1 Å². The zero-order valence-electron chi connectivity index (χ0n) is 18.7. The van der Waals surface area contributed by atoms with Crippen LogP contribution in [0.2, 0.25) is 0 Å². The lowest BCUT2D eigenvalue weighted by Gasteiger charge is -2.18. The minimum absolute atomic E-state index is 0.0447. The van der Waals surface area contributed by atoms with Gasteiger partial charge in [0.1, 0.15) is 28.8 Å². The molecule has 170 valence electrons. The Labute approximate surface area is 196 Å². The van der Waals surface area contributed by atoms with E-state index < -0.39 is 0 Å². The SMILES string of the molecule is COc1cccc(C=Cc2nc3cccnc3n2-c2cc(=O)c(C#N)c[nH]2)c1OC1CCCC1. The van der Waals surface area contributed by atoms with Gasteiger partial charge in [-0.1, -0.05) is 12.1 Å². The van der Waals surface area contributed by atoms with Crippen LogP contribution >= 0.6 is 0 Å². The van der Waals surface area contributed by atoms with Crippen molar-refractivity contribution >= 4 is 23.3 Å². The van der Waals surface area contributed by atoms with Gasteiger partial charge in [-0.05, 0) is 56.0 Å². The van der Waals surface area contributed by atoms with E-state index in [2.05, 4.69) is 9.97 Å². The molecule has 3 aromatic heterocycles. The van der Waals surface area contributed by atoms with Gasteiger partial charge in [-0.2, -0.15) is 5.26 Å². The number of para-hydroxylation sites is 1. The van der Waals surface area contributed by atoms with Crippen molar-refractivity contribution in [1.29, 1.82) is 5.26 Å². The molecule has 1 aliphatic carbocycles. The summed E-state index contributed by atoms with van der Waals surface area (Å²) in [5, 5.41) is 9.11. The van der Waals surface area contributed by atoms with Crippen molar-refractivity contribution in [2.75, 3.05) is 7.11 Å². The first-order chi connectivity index (χ1) is 16.7. The second-order valence-corrected chi connectivity index (χ2v) is 8.10. The molecule has 4 aromatic rings. The Kier molecular flexibility index (Phi) is 5.83. The van der Waals surface area contributed by atoms with Crippen LogP contribution in [-0.2, 0) is 0 Å². The molecule has 0 radical (unpaired) electrons. The van der Waals surface area contributed by atoms with Gasteiger partial charge in [0.15, 0.2) is 17.1 Å². The number of imidazole rings is 1. The molecular weight excluding hydrogens is 430 g/mol. The molecule has 5 rings (SSSR count). The Morgan fingerprint density at radius 1 is 1.21 bits per heavy atom. The molecule has 0 spiro atoms. The second kappa shape index (κ2) is 9.24. The first-order valence-corrected chi connectivity index (χ1v) is 11.2. The highest BCUT2D eigenvalue weighted by atomic mass is 16.5. The lowest BCUT2D eigenvalue weighted by molar-refractivity contribution is 0.200. The number of hydrogen-bond donors (Lipinski definition) is 1. The summed E-state index contributed by atoms with van der Waals surface area (Å²) in [5.74, 6) is 2.43. The summed E-state index contributed by atoms with van der Waals surface area (Å²) in [6.45, 7) is 0. The molecule has 0 unspecified atom stereocenters. The van der Waals surface area contributed by atoms with Gasteiger partial charge in [-0.15, -0.1) is 0 Å². The van der Waals surface area contributed by atoms with Crippen LogP contribution in [0.15, 0.2) is 53.6 Å². The van der Waals surface area contributed by atoms with Gasteiger partial charge in [0, 0.05) is 24.0 Å². The van der Waals surface area contributed by atoms with E-state index in [1.165, 1.54) is 25.1 Å². The van der Waals surface area contributed by atoms with Gasteiger partial charge in [-0.3, -0.25) is 9.36 Å². The molecule has 1 aromatic carbocycles. The number of aromatic amines is 1. The summed E-state index contributed by atoms with van der Waals surface area (Å²) in [5.41, 5.74) is 1.81. The maximum atomic E-state index is 12.3. The molecule has 3 heterocycles. The maximum absolute atomic E-state index is 12.3. The monoisotopic (exact) mass is 453 g/mol. The standard InChI is InChI=1S/C26H23N5O3/c1-33-22-10-4-6-17(25(22)34-19-7-2-3-8-19)11-12-23-30-20-9-5-13-28-26(20)31(23)24-14-21(32)18(15-27)16-29-24/h4-6,9-14,16,19H,2-3,7-8H2,1H3,(H,29,32). The third-order valence-corrected chi connectivity index (χ3v) is 5.93. The van der Waals surface area contributed by atoms with Crippen LogP contribution in [0.1, 0.15) is 42.6 Å². The highest BCUT2D eigenvalue weighted by Gasteiger charge is 2.20. The van der Waals surface area contributed by atoms with E-state index in [1.807, 2.05) is 48.6 Å². The average molecular weight is 454 g/mol. The number of rotatable bonds is 6. The second-order valence-electron chi connectivity index (χ2n) is 8.10. The summed E-state index contributed by atoms with van der Waals surface area (Å²) >= 11 is 0. The van der Waals surface area contributed by atoms with Crippen molar-refractivity contribution in [3.63, 3.8) is 0 Å². The minimum atomic E-state index is -0.371. The van der Waals surface area contributed by atoms with Crippen molar-refractivity contribution < 1.29 is 9.47 Å². The number of benzene rings is 1. The first kappa shape index (κ1) is 21.5. The molecule has 1 fully saturated rings. The summed E-state index contributed by atoms with van der Waals surface area (Å²) < 4.78 is 13.7. The molecule has 0 amide bonds. The fraction of sp³-hybridized carbons (Fsp3) is 0.231. The Balaban J connectivity index is 1.60. The third kappa shape index (κ3) is 4.04. The van der Waals surface area contributed by atoms with E-state index in [0.717, 1.165) is 18.4 Å². The highest BCUT2D eigenvalue weighted by molar-refractivity contribution is 5.80. The van der Waals surface area contributed by atoms with E-state index in [9.17, 15) is 4.79 Å². The fourth-order valence-electron chi connectivity index (χ4n) is 4.24. The van der Waals surface area contributed by atoms with Crippen molar-refractivity contribution in [3.05, 3.63) is 76.0 Å². The molecular formula is C26H23N5O3. The molecule has 0 saturated heterocycles. The average Bonchev–Trinajstić information content (AvgIpc) is 3.50. The zero-order valence-corrected chi connectivity index (χ0v) is 18.7. The highest BCUT2D eigenvalue weighted by Crippen LogP contribution is 2.36. The quantitative estimate of drug-likeness (QED) is 0.461. The van der Waals surface area contributed by atoms with Crippen LogP contribution in [-0.4, -0.2) is 32.7 Å². The number of pyridine rings is 2. The van der Waals surface area contributed by atoms with E-state index in [4.69, 9.17) is 19.7 Å². The topological polar surface area (TPSA) is 106 Å². The molecule has 1 saturated carbocycles. The van der Waals surface area contributed by atoms with Crippen molar-refractivity contribution in [2.24, 2.45) is 0 Å². The van der Waals surface area contributed by atoms with Gasteiger partial charge >= 0.3 is 0 Å². The number of nitriles is 1. The Hall–Kier alpha value is -4.38. The van der Waals surface area contributed by atoms with Gasteiger partial charge in [0.25, 0.3) is 0 Å². The van der Waals surface area contributed by atoms with E-state index in [0.29, 0.717) is 34.3 Å². The van der Waals surface area contributed by atoms with Crippen molar-refractivity contribution in [1.82, 2.24) is 19.5 Å². The zero-order chi connectivity index (χ0) is 23.5. The van der Waals surface area contributed by atoms with Crippen LogP contribution in [0.3, 0.4) is 0 Å². The van der Waals surface area contributed by atoms with Gasteiger partial charge < -0.3 is 14.5 Å². The van der Waals surface area contributed by atoms with Crippen LogP contribution in [0.5, 0.6) is 11.5 Å². The number of fused-ring (bicyclic) bond motifs is 1. The summed E-state index contributed by atoms with van der Waals surface area (Å²) in [4.78, 5) is 24.5. The number of nitrogens with zero attached hydrogens (tertiary/aromatic N) is 4. The summed E-state index contributed by atoms with van der Waals surface area (Å²) in [7, 11) is 1.64. The number of H-pyrrole nitrogens is 1. The van der Waals surface area contributed by atoms with Crippen molar-refractivity contribution in [2.45, 2.75) is 31.8 Å². The molecule has 1 N–H and O–H groups in total. The molecule has 8 heteroatoms. The lowest BCUT2D eigenvalue weighted by atomic mass is 10.1. The number of ether oxygens (including phenoxy) is 2. The summed E-state index contributed by atoms with van der Waals surface area (Å²) in [6, 6.07) is 12.7. The minimum Gasteiger partial charge on any atom is -0.493 e. The summed E-state index contributed by atoms with van der Waals surface area (Å²) in [6.07, 6.45) is 11.4. The Morgan fingerprint density at radius 3 is 2.82 bits per heavy atom. The normalized spacial score (nSPS) is 14.0. The lowest BCUT2D eigenvalue weighted by Crippen LogP contribution is -2.12. The molecule has 1 aliphatic rings. The van der Waals surface area contributed by atoms with E-state index in [-0.39, 0.29) is 17.1 Å². The number of methoxy groups -OCH3 is 1. The van der Waals surface area contributed by atoms with Crippen LogP contribution < -0.4 is 14.9 Å². The third-order valence-electron chi connectivity index (χ3n) is 5.93. The maximum Gasteiger partial charge on any atom is 0.201 e. The molecule has 0 aliphatic heterocycles. The number of hydrogen-bond acceptors (Lipinski definition) is 6. The largest absolute Gasteiger partial charge is 0.493 e. The van der Waals surface area contributed by atoms with Gasteiger partial charge in [-0.25, -0.2) is 9.97 Å². The molecule has 0 bridgehead atoms. The smallest absolute Gasteiger partial charge is 0.201 e. The molecule has 34 heavy (non-hydrogen) atoms. The van der Waals surface area contributed by atoms with Gasteiger partial charge in [0.2, 0.25) is 5.43 Å². The van der Waals surface area contributed by atoms with Crippen molar-refractivity contribution in [3.8, 4) is 23.4 Å². The Morgan fingerprint density at radius 2 is 2.06 bits per heavy atom. The molecule has 0 atom stereocenters. The van der Waals surface area contributed by atoms with Gasteiger partial charge in [0.05, 0.1) is 13.2 Å². The fourth-order valence-corrected chi connectivity index (χ4v) is 4.24. The van der Waals surface area contributed by atoms with Crippen LogP contribution in [0, 0.1) is 11.3 Å². The number of nitrogens with one attached hydrogen (secondary N) is 1. The number of aromatic nitrogens is 4. The predicted octanol–water partition coefficient (Wildman–Crippen LogP) is 4.48. The van der Waals surface area contributed by atoms with E-state index >= 15 is 0 Å². The molecule has 8 nitrogen and oxygen atoms in total. The predicted molar refractivity (Wildman–Crippen MR) is 129 cm³/mol. The van der Waals surface area contributed by atoms with Crippen LogP contribution in [0.4, 0.5) is 0 Å².